The van der Waals surface area contributed by atoms with Crippen LogP contribution in [0.25, 0.3) is 22.1 Å². The van der Waals surface area contributed by atoms with Crippen molar-refractivity contribution < 1.29 is 18.7 Å². The minimum absolute atomic E-state index is 0.346. The van der Waals surface area contributed by atoms with E-state index in [0.29, 0.717) is 30.2 Å². The number of esters is 1. The monoisotopic (exact) mass is 413 g/mol. The van der Waals surface area contributed by atoms with Gasteiger partial charge in [-0.2, -0.15) is 0 Å². The molecule has 0 unspecified atom stereocenters. The summed E-state index contributed by atoms with van der Waals surface area (Å²) in [6.45, 7) is 0.851. The molecule has 0 aliphatic carbocycles. The normalized spacial score (nSPS) is 12.9. The molecule has 1 aliphatic heterocycles. The summed E-state index contributed by atoms with van der Waals surface area (Å²) >= 11 is 0. The van der Waals surface area contributed by atoms with Gasteiger partial charge >= 0.3 is 11.6 Å². The zero-order chi connectivity index (χ0) is 21.4. The second kappa shape index (κ2) is 7.65. The van der Waals surface area contributed by atoms with Gasteiger partial charge in [0.05, 0.1) is 24.8 Å². The lowest BCUT2D eigenvalue weighted by molar-refractivity contribution is 0.0600. The number of fused-ring (bicyclic) bond motifs is 3. The number of carbonyl (C=O) groups is 1. The van der Waals surface area contributed by atoms with Crippen LogP contribution in [-0.4, -0.2) is 19.8 Å². The molecule has 0 atom stereocenters. The van der Waals surface area contributed by atoms with E-state index in [-0.39, 0.29) is 5.97 Å². The number of hydrogen-bond acceptors (Lipinski definition) is 6. The van der Waals surface area contributed by atoms with Crippen molar-refractivity contribution in [2.45, 2.75) is 6.54 Å². The summed E-state index contributed by atoms with van der Waals surface area (Å²) in [5, 5.41) is 0.857. The van der Waals surface area contributed by atoms with Crippen LogP contribution < -0.4 is 15.3 Å². The molecular formula is C25H19NO5. The van der Waals surface area contributed by atoms with Crippen LogP contribution in [0.1, 0.15) is 15.9 Å². The number of methoxy groups -OCH3 is 1. The van der Waals surface area contributed by atoms with Gasteiger partial charge in [-0.05, 0) is 47.5 Å². The highest BCUT2D eigenvalue weighted by molar-refractivity contribution is 5.96. The summed E-state index contributed by atoms with van der Waals surface area (Å²) in [6, 6.07) is 22.3. The average Bonchev–Trinajstić information content (AvgIpc) is 2.83. The minimum atomic E-state index is -0.403. The number of anilines is 1. The zero-order valence-electron chi connectivity index (χ0n) is 16.8. The van der Waals surface area contributed by atoms with Gasteiger partial charge in [0.15, 0.2) is 6.73 Å². The third kappa shape index (κ3) is 3.42. The third-order valence-corrected chi connectivity index (χ3v) is 5.44. The summed E-state index contributed by atoms with van der Waals surface area (Å²) in [5.41, 5.74) is 4.08. The Kier molecular flexibility index (Phi) is 4.67. The largest absolute Gasteiger partial charge is 0.473 e. The number of benzene rings is 3. The van der Waals surface area contributed by atoms with Crippen LogP contribution in [0.5, 0.6) is 5.75 Å². The highest BCUT2D eigenvalue weighted by atomic mass is 16.5. The second-order valence-corrected chi connectivity index (χ2v) is 7.27. The van der Waals surface area contributed by atoms with Crippen LogP contribution in [0.2, 0.25) is 0 Å². The first-order chi connectivity index (χ1) is 15.1. The van der Waals surface area contributed by atoms with Crippen molar-refractivity contribution in [3.63, 3.8) is 0 Å². The molecule has 31 heavy (non-hydrogen) atoms. The first-order valence-electron chi connectivity index (χ1n) is 9.85. The molecule has 0 bridgehead atoms. The van der Waals surface area contributed by atoms with Crippen LogP contribution >= 0.6 is 0 Å². The summed E-state index contributed by atoms with van der Waals surface area (Å²) < 4.78 is 16.4. The molecule has 1 aliphatic rings. The first kappa shape index (κ1) is 18.9. The van der Waals surface area contributed by atoms with E-state index in [9.17, 15) is 9.59 Å². The van der Waals surface area contributed by atoms with Crippen molar-refractivity contribution in [3.8, 4) is 16.9 Å². The first-order valence-corrected chi connectivity index (χ1v) is 9.85. The molecule has 0 fully saturated rings. The van der Waals surface area contributed by atoms with Gasteiger partial charge in [0, 0.05) is 17.1 Å². The average molecular weight is 413 g/mol. The Morgan fingerprint density at radius 1 is 1.00 bits per heavy atom. The molecule has 0 saturated carbocycles. The molecule has 4 aromatic rings. The minimum Gasteiger partial charge on any atom is -0.473 e. The highest BCUT2D eigenvalue weighted by Gasteiger charge is 2.23. The predicted molar refractivity (Wildman–Crippen MR) is 117 cm³/mol. The van der Waals surface area contributed by atoms with Gasteiger partial charge in [0.25, 0.3) is 0 Å². The van der Waals surface area contributed by atoms with Gasteiger partial charge in [-0.3, -0.25) is 0 Å². The Morgan fingerprint density at radius 3 is 2.52 bits per heavy atom. The standard InChI is InChI=1S/C25H19NO5/c1-29-25(28)17-7-9-18(10-8-17)26-14-21-22(30-15-26)12-11-19-20(13-23(27)31-24(19)21)16-5-3-2-4-6-16/h2-13H,14-15H2,1H3. The lowest BCUT2D eigenvalue weighted by atomic mass is 9.99. The number of ether oxygens (including phenoxy) is 2. The van der Waals surface area contributed by atoms with Gasteiger partial charge in [-0.25, -0.2) is 9.59 Å². The van der Waals surface area contributed by atoms with Crippen LogP contribution in [0.4, 0.5) is 5.69 Å². The topological polar surface area (TPSA) is 69.0 Å². The molecule has 3 aromatic carbocycles. The van der Waals surface area contributed by atoms with E-state index in [1.54, 1.807) is 12.1 Å². The van der Waals surface area contributed by atoms with E-state index in [1.807, 2.05) is 59.5 Å². The molecule has 6 nitrogen and oxygen atoms in total. The highest BCUT2D eigenvalue weighted by Crippen LogP contribution is 2.37. The summed E-state index contributed by atoms with van der Waals surface area (Å²) in [6.07, 6.45) is 0. The Bertz CT molecular complexity index is 1330. The van der Waals surface area contributed by atoms with E-state index in [4.69, 9.17) is 13.9 Å². The smallest absolute Gasteiger partial charge is 0.337 e. The van der Waals surface area contributed by atoms with Crippen LogP contribution in [0.15, 0.2) is 82.0 Å². The lowest BCUT2D eigenvalue weighted by Crippen LogP contribution is -2.32. The fourth-order valence-electron chi connectivity index (χ4n) is 3.88. The molecule has 6 heteroatoms. The molecule has 154 valence electrons. The molecule has 0 radical (unpaired) electrons. The summed E-state index contributed by atoms with van der Waals surface area (Å²) in [7, 11) is 1.36. The molecular weight excluding hydrogens is 394 g/mol. The Balaban J connectivity index is 1.57. The molecule has 1 aromatic heterocycles. The molecule has 0 amide bonds. The third-order valence-electron chi connectivity index (χ3n) is 5.44. The maximum Gasteiger partial charge on any atom is 0.337 e. The second-order valence-electron chi connectivity index (χ2n) is 7.27. The number of hydrogen-bond donors (Lipinski definition) is 0. The fourth-order valence-corrected chi connectivity index (χ4v) is 3.88. The Labute approximate surface area is 178 Å². The number of rotatable bonds is 3. The van der Waals surface area contributed by atoms with E-state index in [0.717, 1.165) is 27.8 Å². The lowest BCUT2D eigenvalue weighted by Gasteiger charge is -2.31. The maximum absolute atomic E-state index is 12.4. The zero-order valence-corrected chi connectivity index (χ0v) is 16.8. The summed E-state index contributed by atoms with van der Waals surface area (Å²) in [5.74, 6) is 0.316. The molecule has 0 spiro atoms. The van der Waals surface area contributed by atoms with Crippen molar-refractivity contribution in [3.05, 3.63) is 94.3 Å². The maximum atomic E-state index is 12.4. The van der Waals surface area contributed by atoms with E-state index in [1.165, 1.54) is 13.2 Å². The number of nitrogens with zero attached hydrogens (tertiary/aromatic N) is 1. The van der Waals surface area contributed by atoms with Crippen LogP contribution in [0, 0.1) is 0 Å². The van der Waals surface area contributed by atoms with Gasteiger partial charge in [0.2, 0.25) is 0 Å². The fraction of sp³-hybridized carbons (Fsp3) is 0.120. The van der Waals surface area contributed by atoms with Crippen molar-refractivity contribution in [2.75, 3.05) is 18.7 Å². The van der Waals surface area contributed by atoms with E-state index >= 15 is 0 Å². The van der Waals surface area contributed by atoms with Crippen molar-refractivity contribution in [2.24, 2.45) is 0 Å². The Morgan fingerprint density at radius 2 is 1.77 bits per heavy atom. The molecule has 2 heterocycles. The van der Waals surface area contributed by atoms with E-state index in [2.05, 4.69) is 0 Å². The van der Waals surface area contributed by atoms with E-state index < -0.39 is 5.63 Å². The number of carbonyl (C=O) groups excluding carboxylic acids is 1. The molecule has 0 N–H and O–H groups in total. The molecule has 5 rings (SSSR count). The van der Waals surface area contributed by atoms with Crippen LogP contribution in [-0.2, 0) is 11.3 Å². The van der Waals surface area contributed by atoms with Gasteiger partial charge in [0.1, 0.15) is 11.3 Å². The van der Waals surface area contributed by atoms with Gasteiger partial charge in [-0.1, -0.05) is 30.3 Å². The van der Waals surface area contributed by atoms with Crippen LogP contribution in [0.3, 0.4) is 0 Å². The Hall–Kier alpha value is -4.06. The van der Waals surface area contributed by atoms with Gasteiger partial charge < -0.3 is 18.8 Å². The summed E-state index contributed by atoms with van der Waals surface area (Å²) in [4.78, 5) is 26.1. The molecule has 0 saturated heterocycles. The SMILES string of the molecule is COC(=O)c1ccc(N2COc3ccc4c(-c5ccccc5)cc(=O)oc4c3C2)cc1. The van der Waals surface area contributed by atoms with Crippen molar-refractivity contribution >= 4 is 22.6 Å². The predicted octanol–water partition coefficient (Wildman–Crippen LogP) is 4.60. The van der Waals surface area contributed by atoms with Gasteiger partial charge in [-0.15, -0.1) is 0 Å². The quantitative estimate of drug-likeness (QED) is 0.361. The van der Waals surface area contributed by atoms with Crippen molar-refractivity contribution in [1.82, 2.24) is 0 Å². The van der Waals surface area contributed by atoms with Crippen molar-refractivity contribution in [1.29, 1.82) is 0 Å².